The van der Waals surface area contributed by atoms with Gasteiger partial charge in [0.1, 0.15) is 5.82 Å². The molecule has 3 rings (SSSR count). The zero-order chi connectivity index (χ0) is 20.6. The summed E-state index contributed by atoms with van der Waals surface area (Å²) in [6.07, 6.45) is 7.38. The number of anilines is 1. The van der Waals surface area contributed by atoms with Crippen LogP contribution in [-0.4, -0.2) is 60.4 Å². The molecule has 0 radical (unpaired) electrons. The number of nitrogens with one attached hydrogen (secondary N) is 3. The van der Waals surface area contributed by atoms with Crippen LogP contribution in [0.25, 0.3) is 0 Å². The van der Waals surface area contributed by atoms with Crippen molar-refractivity contribution in [3.8, 4) is 0 Å². The maximum absolute atomic E-state index is 12.6. The number of amides is 2. The summed E-state index contributed by atoms with van der Waals surface area (Å²) >= 11 is 0. The third-order valence-corrected chi connectivity index (χ3v) is 5.59. The van der Waals surface area contributed by atoms with Crippen molar-refractivity contribution in [2.75, 3.05) is 32.0 Å². The fraction of sp³-hybridized carbons (Fsp3) is 0.619. The molecule has 1 aromatic rings. The Morgan fingerprint density at radius 1 is 1.23 bits per heavy atom. The number of nitrogens with zero attached hydrogens (tertiary/aromatic N) is 3. The molecule has 3 N–H and O–H groups in total. The second-order valence-corrected chi connectivity index (χ2v) is 7.91. The van der Waals surface area contributed by atoms with E-state index < -0.39 is 0 Å². The summed E-state index contributed by atoms with van der Waals surface area (Å²) in [6, 6.07) is 3.90. The van der Waals surface area contributed by atoms with Crippen molar-refractivity contribution >= 4 is 47.6 Å². The molecular weight excluding hydrogens is 495 g/mol. The minimum absolute atomic E-state index is 0. The lowest BCUT2D eigenvalue weighted by atomic mass is 10.1. The van der Waals surface area contributed by atoms with Gasteiger partial charge in [0.2, 0.25) is 11.8 Å². The molecule has 0 spiro atoms. The van der Waals surface area contributed by atoms with Crippen LogP contribution in [0.1, 0.15) is 44.1 Å². The van der Waals surface area contributed by atoms with Crippen LogP contribution in [0.2, 0.25) is 0 Å². The van der Waals surface area contributed by atoms with E-state index in [1.165, 1.54) is 12.8 Å². The predicted molar refractivity (Wildman–Crippen MR) is 129 cm³/mol. The Balaban J connectivity index is 0.00000320. The molecule has 2 heterocycles. The van der Waals surface area contributed by atoms with E-state index in [0.717, 1.165) is 37.9 Å². The number of aryl methyl sites for hydroxylation is 1. The van der Waals surface area contributed by atoms with E-state index in [-0.39, 0.29) is 41.8 Å². The van der Waals surface area contributed by atoms with Crippen molar-refractivity contribution in [1.29, 1.82) is 0 Å². The first-order chi connectivity index (χ1) is 14.0. The molecule has 1 unspecified atom stereocenters. The maximum Gasteiger partial charge on any atom is 0.227 e. The second-order valence-electron chi connectivity index (χ2n) is 7.91. The molecule has 0 bridgehead atoms. The number of carbonyl (C=O) groups is 2. The fourth-order valence-electron chi connectivity index (χ4n) is 3.94. The van der Waals surface area contributed by atoms with E-state index >= 15 is 0 Å². The number of halogens is 1. The average Bonchev–Trinajstić information content (AvgIpc) is 3.40. The third-order valence-electron chi connectivity index (χ3n) is 5.59. The zero-order valence-electron chi connectivity index (χ0n) is 17.8. The number of aromatic nitrogens is 1. The van der Waals surface area contributed by atoms with Crippen LogP contribution < -0.4 is 16.0 Å². The quantitative estimate of drug-likeness (QED) is 0.299. The Hall–Kier alpha value is -1.91. The monoisotopic (exact) mass is 528 g/mol. The van der Waals surface area contributed by atoms with Crippen LogP contribution in [0.3, 0.4) is 0 Å². The number of likely N-dealkylation sites (tertiary alicyclic amines) is 1. The van der Waals surface area contributed by atoms with Crippen molar-refractivity contribution in [1.82, 2.24) is 20.5 Å². The van der Waals surface area contributed by atoms with Crippen LogP contribution in [-0.2, 0) is 9.59 Å². The summed E-state index contributed by atoms with van der Waals surface area (Å²) in [5.41, 5.74) is 1.05. The molecule has 9 heteroatoms. The number of rotatable bonds is 6. The van der Waals surface area contributed by atoms with E-state index in [4.69, 9.17) is 0 Å². The molecule has 1 aliphatic heterocycles. The Morgan fingerprint density at radius 2 is 2.00 bits per heavy atom. The van der Waals surface area contributed by atoms with Crippen molar-refractivity contribution in [2.45, 2.75) is 51.5 Å². The highest BCUT2D eigenvalue weighted by Gasteiger charge is 2.32. The number of carbonyl (C=O) groups excluding carboxylic acids is 2. The van der Waals surface area contributed by atoms with Gasteiger partial charge in [-0.15, -0.1) is 24.0 Å². The highest BCUT2D eigenvalue weighted by Crippen LogP contribution is 2.27. The largest absolute Gasteiger partial charge is 0.356 e. The van der Waals surface area contributed by atoms with Gasteiger partial charge >= 0.3 is 0 Å². The van der Waals surface area contributed by atoms with Crippen LogP contribution in [0.15, 0.2) is 23.3 Å². The SMILES string of the molecule is CN=C(NCCC(=O)Nc1ccc(C)cn1)NC1CCN(C(=O)C2CCCC2)C1.I. The summed E-state index contributed by atoms with van der Waals surface area (Å²) in [4.78, 5) is 35.0. The molecule has 166 valence electrons. The molecule has 2 amide bonds. The predicted octanol–water partition coefficient (Wildman–Crippen LogP) is 2.29. The Kier molecular flexibility index (Phi) is 9.80. The van der Waals surface area contributed by atoms with Gasteiger partial charge in [0.25, 0.3) is 0 Å². The van der Waals surface area contributed by atoms with Crippen molar-refractivity contribution in [3.05, 3.63) is 23.9 Å². The van der Waals surface area contributed by atoms with Gasteiger partial charge in [0.05, 0.1) is 0 Å². The lowest BCUT2D eigenvalue weighted by molar-refractivity contribution is -0.134. The lowest BCUT2D eigenvalue weighted by Crippen LogP contribution is -2.46. The van der Waals surface area contributed by atoms with Gasteiger partial charge in [0.15, 0.2) is 5.96 Å². The van der Waals surface area contributed by atoms with Crippen molar-refractivity contribution in [2.24, 2.45) is 10.9 Å². The van der Waals surface area contributed by atoms with E-state index in [9.17, 15) is 9.59 Å². The number of hydrogen-bond donors (Lipinski definition) is 3. The lowest BCUT2D eigenvalue weighted by Gasteiger charge is -2.21. The first-order valence-corrected chi connectivity index (χ1v) is 10.5. The number of aliphatic imine (C=N–C) groups is 1. The smallest absolute Gasteiger partial charge is 0.227 e. The molecule has 1 aromatic heterocycles. The maximum atomic E-state index is 12.6. The van der Waals surface area contributed by atoms with Crippen molar-refractivity contribution in [3.63, 3.8) is 0 Å². The standard InChI is InChI=1S/C21H32N6O2.HI/c1-15-7-8-18(24-13-15)26-19(28)9-11-23-21(22-2)25-17-10-12-27(14-17)20(29)16-5-3-4-6-16;/h7-8,13,16-17H,3-6,9-12,14H2,1-2H3,(H2,22,23,25)(H,24,26,28);1H. The van der Waals surface area contributed by atoms with E-state index in [0.29, 0.717) is 30.7 Å². The molecule has 1 saturated heterocycles. The van der Waals surface area contributed by atoms with Gasteiger partial charge in [-0.1, -0.05) is 18.9 Å². The molecule has 2 fully saturated rings. The van der Waals surface area contributed by atoms with Crippen LogP contribution >= 0.6 is 24.0 Å². The minimum atomic E-state index is -0.0986. The Morgan fingerprint density at radius 3 is 2.67 bits per heavy atom. The first kappa shape index (κ1) is 24.4. The highest BCUT2D eigenvalue weighted by atomic mass is 127. The third kappa shape index (κ3) is 7.10. The van der Waals surface area contributed by atoms with Gasteiger partial charge in [-0.25, -0.2) is 4.98 Å². The minimum Gasteiger partial charge on any atom is -0.356 e. The molecule has 0 aromatic carbocycles. The summed E-state index contributed by atoms with van der Waals surface area (Å²) < 4.78 is 0. The molecule has 1 saturated carbocycles. The van der Waals surface area contributed by atoms with Gasteiger partial charge in [-0.05, 0) is 37.8 Å². The topological polar surface area (TPSA) is 98.7 Å². The van der Waals surface area contributed by atoms with Gasteiger partial charge in [0, 0.05) is 51.3 Å². The van der Waals surface area contributed by atoms with Gasteiger partial charge in [-0.2, -0.15) is 0 Å². The molecular formula is C21H33IN6O2. The molecule has 30 heavy (non-hydrogen) atoms. The molecule has 1 atom stereocenters. The van der Waals surface area contributed by atoms with E-state index in [1.54, 1.807) is 19.3 Å². The number of hydrogen-bond acceptors (Lipinski definition) is 4. The summed E-state index contributed by atoms with van der Waals surface area (Å²) in [7, 11) is 1.71. The zero-order valence-corrected chi connectivity index (χ0v) is 20.1. The second kappa shape index (κ2) is 12.1. The number of pyridine rings is 1. The van der Waals surface area contributed by atoms with Crippen LogP contribution in [0, 0.1) is 12.8 Å². The molecule has 2 aliphatic rings. The van der Waals surface area contributed by atoms with Crippen LogP contribution in [0.4, 0.5) is 5.82 Å². The normalized spacial score (nSPS) is 19.3. The molecule has 1 aliphatic carbocycles. The van der Waals surface area contributed by atoms with Gasteiger partial charge < -0.3 is 20.9 Å². The van der Waals surface area contributed by atoms with Crippen LogP contribution in [0.5, 0.6) is 0 Å². The summed E-state index contributed by atoms with van der Waals surface area (Å²) in [5, 5.41) is 9.33. The van der Waals surface area contributed by atoms with E-state index in [2.05, 4.69) is 25.9 Å². The average molecular weight is 528 g/mol. The summed E-state index contributed by atoms with van der Waals surface area (Å²) in [5.74, 6) is 1.66. The number of guanidine groups is 1. The Labute approximate surface area is 195 Å². The Bertz CT molecular complexity index is 734. The van der Waals surface area contributed by atoms with E-state index in [1.807, 2.05) is 17.9 Å². The fourth-order valence-corrected chi connectivity index (χ4v) is 3.94. The highest BCUT2D eigenvalue weighted by molar-refractivity contribution is 14.0. The first-order valence-electron chi connectivity index (χ1n) is 10.5. The van der Waals surface area contributed by atoms with Gasteiger partial charge in [-0.3, -0.25) is 14.6 Å². The summed E-state index contributed by atoms with van der Waals surface area (Å²) in [6.45, 7) is 3.94. The van der Waals surface area contributed by atoms with Crippen molar-refractivity contribution < 1.29 is 9.59 Å². The molecule has 8 nitrogen and oxygen atoms in total.